The fourth-order valence-corrected chi connectivity index (χ4v) is 4.94. The summed E-state index contributed by atoms with van der Waals surface area (Å²) in [5, 5.41) is 4.23. The number of nitrogens with one attached hydrogen (secondary N) is 1. The number of sulfonamides is 1. The highest BCUT2D eigenvalue weighted by Crippen LogP contribution is 2.29. The third-order valence-corrected chi connectivity index (χ3v) is 7.08. The minimum atomic E-state index is -3.79. The quantitative estimate of drug-likeness (QED) is 0.507. The lowest BCUT2D eigenvalue weighted by Gasteiger charge is -2.33. The van der Waals surface area contributed by atoms with Crippen molar-refractivity contribution in [2.75, 3.05) is 24.2 Å². The molecule has 34 heavy (non-hydrogen) atoms. The average Bonchev–Trinajstić information content (AvgIpc) is 2.82. The molecule has 0 fully saturated rings. The van der Waals surface area contributed by atoms with Gasteiger partial charge in [-0.2, -0.15) is 0 Å². The van der Waals surface area contributed by atoms with Gasteiger partial charge in [0.05, 0.1) is 11.9 Å². The molecule has 3 rings (SSSR count). The number of hydrogen-bond donors (Lipinski definition) is 1. The van der Waals surface area contributed by atoms with Gasteiger partial charge in [-0.15, -0.1) is 0 Å². The molecule has 1 N–H and O–H groups in total. The Hall–Kier alpha value is -3.39. The van der Waals surface area contributed by atoms with Crippen molar-refractivity contribution in [3.8, 4) is 0 Å². The summed E-state index contributed by atoms with van der Waals surface area (Å²) in [6.07, 6.45) is 1.48. The van der Waals surface area contributed by atoms with Gasteiger partial charge < -0.3 is 10.2 Å². The highest BCUT2D eigenvalue weighted by atomic mass is 32.2. The Labute approximate surface area is 201 Å². The Bertz CT molecular complexity index is 1280. The zero-order valence-corrected chi connectivity index (χ0v) is 20.8. The van der Waals surface area contributed by atoms with Gasteiger partial charge in [0.2, 0.25) is 21.8 Å². The molecule has 180 valence electrons. The molecule has 0 heterocycles. The number of fused-ring (bicyclic) bond motifs is 1. The topological polar surface area (TPSA) is 86.8 Å². The van der Waals surface area contributed by atoms with E-state index < -0.39 is 28.5 Å². The summed E-state index contributed by atoms with van der Waals surface area (Å²) in [6.45, 7) is 3.56. The van der Waals surface area contributed by atoms with Gasteiger partial charge in [0.1, 0.15) is 12.6 Å². The first-order valence-corrected chi connectivity index (χ1v) is 13.0. The number of carbonyl (C=O) groups is 2. The molecule has 0 aromatic heterocycles. The van der Waals surface area contributed by atoms with E-state index in [2.05, 4.69) is 5.32 Å². The maximum Gasteiger partial charge on any atom is 0.244 e. The number of carbonyl (C=O) groups excluding carboxylic acids is 2. The Morgan fingerprint density at radius 1 is 0.971 bits per heavy atom. The molecule has 0 aliphatic rings. The van der Waals surface area contributed by atoms with E-state index in [1.165, 1.54) is 11.9 Å². The minimum absolute atomic E-state index is 0.199. The first-order valence-electron chi connectivity index (χ1n) is 11.2. The molecule has 2 amide bonds. The van der Waals surface area contributed by atoms with Crippen molar-refractivity contribution in [1.82, 2.24) is 10.2 Å². The summed E-state index contributed by atoms with van der Waals surface area (Å²) < 4.78 is 26.8. The zero-order valence-electron chi connectivity index (χ0n) is 20.0. The SMILES string of the molecule is CCC(C(=O)NC)N(Cc1ccccc1C)C(=O)CN(c1cccc2ccccc12)S(C)(=O)=O. The molecular formula is C26H31N3O4S. The van der Waals surface area contributed by atoms with E-state index in [1.54, 1.807) is 12.1 Å². The van der Waals surface area contributed by atoms with Crippen LogP contribution < -0.4 is 9.62 Å². The standard InChI is InChI=1S/C26H31N3O4S/c1-5-23(26(31)27-3)28(17-21-13-7-6-11-19(21)2)25(30)18-29(34(4,32)33)24-16-10-14-20-12-8-9-15-22(20)24/h6-16,23H,5,17-18H2,1-4H3,(H,27,31). The van der Waals surface area contributed by atoms with E-state index in [4.69, 9.17) is 0 Å². The highest BCUT2D eigenvalue weighted by molar-refractivity contribution is 7.92. The Morgan fingerprint density at radius 2 is 1.62 bits per heavy atom. The van der Waals surface area contributed by atoms with Gasteiger partial charge in [-0.25, -0.2) is 8.42 Å². The number of nitrogens with zero attached hydrogens (tertiary/aromatic N) is 2. The van der Waals surface area contributed by atoms with Crippen LogP contribution in [0.5, 0.6) is 0 Å². The predicted octanol–water partition coefficient (Wildman–Crippen LogP) is 3.47. The van der Waals surface area contributed by atoms with Crippen LogP contribution in [-0.2, 0) is 26.2 Å². The molecule has 0 spiro atoms. The first-order chi connectivity index (χ1) is 16.2. The van der Waals surface area contributed by atoms with E-state index in [9.17, 15) is 18.0 Å². The van der Waals surface area contributed by atoms with Crippen LogP contribution in [0.25, 0.3) is 10.8 Å². The fraction of sp³-hybridized carbons (Fsp3) is 0.308. The summed E-state index contributed by atoms with van der Waals surface area (Å²) in [5.74, 6) is -0.738. The largest absolute Gasteiger partial charge is 0.357 e. The third-order valence-electron chi connectivity index (χ3n) is 5.95. The number of likely N-dealkylation sites (N-methyl/N-ethyl adjacent to an activating group) is 1. The summed E-state index contributed by atoms with van der Waals surface area (Å²) in [4.78, 5) is 27.8. The molecule has 0 saturated heterocycles. The van der Waals surface area contributed by atoms with Gasteiger partial charge in [-0.1, -0.05) is 67.6 Å². The van der Waals surface area contributed by atoms with Crippen molar-refractivity contribution in [3.63, 3.8) is 0 Å². The number of hydrogen-bond acceptors (Lipinski definition) is 4. The van der Waals surface area contributed by atoms with Gasteiger partial charge in [0.15, 0.2) is 0 Å². The molecule has 0 radical (unpaired) electrons. The van der Waals surface area contributed by atoms with Gasteiger partial charge in [-0.05, 0) is 35.9 Å². The molecule has 0 saturated carbocycles. The maximum absolute atomic E-state index is 13.7. The molecule has 1 unspecified atom stereocenters. The second-order valence-electron chi connectivity index (χ2n) is 8.25. The first kappa shape index (κ1) is 25.2. The Morgan fingerprint density at radius 3 is 2.26 bits per heavy atom. The van der Waals surface area contributed by atoms with Gasteiger partial charge in [0.25, 0.3) is 0 Å². The van der Waals surface area contributed by atoms with Gasteiger partial charge in [-0.3, -0.25) is 13.9 Å². The van der Waals surface area contributed by atoms with Crippen molar-refractivity contribution >= 4 is 38.3 Å². The van der Waals surface area contributed by atoms with Crippen molar-refractivity contribution < 1.29 is 18.0 Å². The summed E-state index contributed by atoms with van der Waals surface area (Å²) in [7, 11) is -2.26. The van der Waals surface area contributed by atoms with Gasteiger partial charge >= 0.3 is 0 Å². The van der Waals surface area contributed by atoms with Crippen LogP contribution >= 0.6 is 0 Å². The molecule has 0 aliphatic heterocycles. The molecule has 7 nitrogen and oxygen atoms in total. The van der Waals surface area contributed by atoms with Crippen molar-refractivity contribution in [2.45, 2.75) is 32.9 Å². The number of aryl methyl sites for hydroxylation is 1. The highest BCUT2D eigenvalue weighted by Gasteiger charge is 2.31. The lowest BCUT2D eigenvalue weighted by Crippen LogP contribution is -2.51. The average molecular weight is 482 g/mol. The summed E-state index contributed by atoms with van der Waals surface area (Å²) >= 11 is 0. The van der Waals surface area contributed by atoms with Crippen molar-refractivity contribution in [1.29, 1.82) is 0 Å². The van der Waals surface area contributed by atoms with Crippen LogP contribution in [0.2, 0.25) is 0 Å². The Balaban J connectivity index is 2.04. The molecule has 0 bridgehead atoms. The molecule has 1 atom stereocenters. The van der Waals surface area contributed by atoms with E-state index in [0.29, 0.717) is 12.1 Å². The third kappa shape index (κ3) is 5.56. The van der Waals surface area contributed by atoms with Gasteiger partial charge in [0, 0.05) is 19.0 Å². The van der Waals surface area contributed by atoms with Crippen LogP contribution in [0, 0.1) is 6.92 Å². The lowest BCUT2D eigenvalue weighted by molar-refractivity contribution is -0.140. The van der Waals surface area contributed by atoms with Crippen LogP contribution in [0.15, 0.2) is 66.7 Å². The molecule has 3 aromatic carbocycles. The van der Waals surface area contributed by atoms with Crippen LogP contribution in [-0.4, -0.2) is 51.0 Å². The molecule has 8 heteroatoms. The summed E-state index contributed by atoms with van der Waals surface area (Å²) in [5.41, 5.74) is 2.31. The number of anilines is 1. The minimum Gasteiger partial charge on any atom is -0.357 e. The molecule has 0 aliphatic carbocycles. The number of amides is 2. The monoisotopic (exact) mass is 481 g/mol. The normalized spacial score (nSPS) is 12.2. The predicted molar refractivity (Wildman–Crippen MR) is 136 cm³/mol. The second kappa shape index (κ2) is 10.7. The second-order valence-corrected chi connectivity index (χ2v) is 10.2. The van der Waals surface area contributed by atoms with Crippen LogP contribution in [0.1, 0.15) is 24.5 Å². The van der Waals surface area contributed by atoms with Crippen LogP contribution in [0.3, 0.4) is 0 Å². The fourth-order valence-electron chi connectivity index (χ4n) is 4.08. The van der Waals surface area contributed by atoms with E-state index in [-0.39, 0.29) is 12.5 Å². The zero-order chi connectivity index (χ0) is 24.9. The maximum atomic E-state index is 13.7. The Kier molecular flexibility index (Phi) is 7.94. The smallest absolute Gasteiger partial charge is 0.244 e. The number of rotatable bonds is 9. The van der Waals surface area contributed by atoms with E-state index >= 15 is 0 Å². The summed E-state index contributed by atoms with van der Waals surface area (Å²) in [6, 6.07) is 19.7. The molecule has 3 aromatic rings. The van der Waals surface area contributed by atoms with E-state index in [1.807, 2.05) is 68.4 Å². The molecular weight excluding hydrogens is 450 g/mol. The van der Waals surface area contributed by atoms with Crippen molar-refractivity contribution in [3.05, 3.63) is 77.9 Å². The van der Waals surface area contributed by atoms with Crippen molar-refractivity contribution in [2.24, 2.45) is 0 Å². The number of benzene rings is 3. The van der Waals surface area contributed by atoms with Crippen LogP contribution in [0.4, 0.5) is 5.69 Å². The van der Waals surface area contributed by atoms with E-state index in [0.717, 1.165) is 32.5 Å². The lowest BCUT2D eigenvalue weighted by atomic mass is 10.1.